The highest BCUT2D eigenvalue weighted by Gasteiger charge is 2.27. The van der Waals surface area contributed by atoms with Gasteiger partial charge < -0.3 is 14.8 Å². The lowest BCUT2D eigenvalue weighted by Crippen LogP contribution is -2.37. The van der Waals surface area contributed by atoms with E-state index >= 15 is 0 Å². The van der Waals surface area contributed by atoms with Gasteiger partial charge in [0, 0.05) is 0 Å². The number of fused-ring (bicyclic) bond motifs is 1. The number of benzene rings is 1. The van der Waals surface area contributed by atoms with Crippen LogP contribution in [0.3, 0.4) is 0 Å². The summed E-state index contributed by atoms with van der Waals surface area (Å²) in [5, 5.41) is 13.1. The molecule has 1 aromatic heterocycles. The zero-order valence-corrected chi connectivity index (χ0v) is 9.69. The number of hydrogen-bond donors (Lipinski definition) is 2. The number of rotatable bonds is 3. The second-order valence-corrected chi connectivity index (χ2v) is 4.45. The molecule has 0 spiro atoms. The van der Waals surface area contributed by atoms with E-state index in [4.69, 9.17) is 4.42 Å². The van der Waals surface area contributed by atoms with E-state index in [1.807, 2.05) is 25.2 Å². The van der Waals surface area contributed by atoms with Gasteiger partial charge >= 0.3 is 0 Å². The van der Waals surface area contributed by atoms with E-state index in [0.717, 1.165) is 16.7 Å². The first kappa shape index (κ1) is 11.1. The van der Waals surface area contributed by atoms with Gasteiger partial charge in [0.05, 0.1) is 11.6 Å². The molecule has 1 aromatic carbocycles. The molecule has 1 atom stereocenters. The van der Waals surface area contributed by atoms with E-state index < -0.39 is 5.60 Å². The molecule has 0 saturated heterocycles. The fraction of sp³-hybridized carbons (Fsp3) is 0.417. The van der Waals surface area contributed by atoms with Crippen molar-refractivity contribution in [2.24, 2.45) is 0 Å². The minimum absolute atomic E-state index is 0.137. The molecule has 2 N–H and O–H groups in total. The maximum Gasteiger partial charge on any atom is 0.181 e. The molecule has 0 aliphatic heterocycles. The lowest BCUT2D eigenvalue weighted by molar-refractivity contribution is 0.0401. The first-order chi connectivity index (χ1) is 7.52. The molecule has 4 heteroatoms. The van der Waals surface area contributed by atoms with Crippen LogP contribution in [0.5, 0.6) is 0 Å². The number of aromatic nitrogens is 1. The van der Waals surface area contributed by atoms with Crippen LogP contribution in [0.25, 0.3) is 11.1 Å². The molecular formula is C12H16N2O2. The lowest BCUT2D eigenvalue weighted by atomic mass is 9.92. The molecule has 16 heavy (non-hydrogen) atoms. The first-order valence-electron chi connectivity index (χ1n) is 5.25. The van der Waals surface area contributed by atoms with Gasteiger partial charge in [-0.25, -0.2) is 4.98 Å². The molecule has 2 aromatic rings. The van der Waals surface area contributed by atoms with Crippen molar-refractivity contribution in [2.45, 2.75) is 25.5 Å². The highest BCUT2D eigenvalue weighted by Crippen LogP contribution is 2.27. The van der Waals surface area contributed by atoms with Crippen LogP contribution in [0.2, 0.25) is 0 Å². The minimum Gasteiger partial charge on any atom is -0.443 e. The first-order valence-corrected chi connectivity index (χ1v) is 5.25. The molecule has 1 heterocycles. The minimum atomic E-state index is -0.831. The monoisotopic (exact) mass is 220 g/mol. The molecule has 4 nitrogen and oxygen atoms in total. The van der Waals surface area contributed by atoms with Crippen LogP contribution in [0.4, 0.5) is 0 Å². The van der Waals surface area contributed by atoms with E-state index in [9.17, 15) is 5.11 Å². The summed E-state index contributed by atoms with van der Waals surface area (Å²) in [5.41, 5.74) is 1.72. The SMILES string of the molecule is CNC(c1ccc2ncoc2c1)C(C)(C)O. The second kappa shape index (κ2) is 3.88. The van der Waals surface area contributed by atoms with Gasteiger partial charge in [-0.15, -0.1) is 0 Å². The molecule has 2 rings (SSSR count). The Morgan fingerprint density at radius 3 is 2.81 bits per heavy atom. The molecule has 0 fully saturated rings. The summed E-state index contributed by atoms with van der Waals surface area (Å²) in [7, 11) is 1.83. The van der Waals surface area contributed by atoms with Gasteiger partial charge in [0.2, 0.25) is 0 Å². The third-order valence-corrected chi connectivity index (χ3v) is 2.68. The molecule has 86 valence electrons. The zero-order valence-electron chi connectivity index (χ0n) is 9.69. The van der Waals surface area contributed by atoms with Crippen LogP contribution < -0.4 is 5.32 Å². The van der Waals surface area contributed by atoms with Gasteiger partial charge in [-0.1, -0.05) is 6.07 Å². The predicted octanol–water partition coefficient (Wildman–Crippen LogP) is 1.86. The summed E-state index contributed by atoms with van der Waals surface area (Å²) in [6.07, 6.45) is 1.42. The van der Waals surface area contributed by atoms with E-state index in [1.54, 1.807) is 13.8 Å². The molecule has 0 amide bonds. The third kappa shape index (κ3) is 1.94. The van der Waals surface area contributed by atoms with Crippen molar-refractivity contribution >= 4 is 11.1 Å². The summed E-state index contributed by atoms with van der Waals surface area (Å²) in [6.45, 7) is 3.55. The van der Waals surface area contributed by atoms with Crippen molar-refractivity contribution in [3.63, 3.8) is 0 Å². The van der Waals surface area contributed by atoms with Crippen molar-refractivity contribution < 1.29 is 9.52 Å². The summed E-state index contributed by atoms with van der Waals surface area (Å²) in [4.78, 5) is 4.06. The van der Waals surface area contributed by atoms with Crippen molar-refractivity contribution in [3.8, 4) is 0 Å². The average molecular weight is 220 g/mol. The zero-order chi connectivity index (χ0) is 11.8. The average Bonchev–Trinajstić information content (AvgIpc) is 2.63. The van der Waals surface area contributed by atoms with E-state index in [0.29, 0.717) is 0 Å². The molecule has 0 bridgehead atoms. The van der Waals surface area contributed by atoms with Gasteiger partial charge in [-0.05, 0) is 38.6 Å². The number of hydrogen-bond acceptors (Lipinski definition) is 4. The number of oxazole rings is 1. The maximum absolute atomic E-state index is 10.0. The largest absolute Gasteiger partial charge is 0.443 e. The topological polar surface area (TPSA) is 58.3 Å². The van der Waals surface area contributed by atoms with Crippen molar-refractivity contribution in [2.75, 3.05) is 7.05 Å². The quantitative estimate of drug-likeness (QED) is 0.829. The van der Waals surface area contributed by atoms with Gasteiger partial charge in [-0.3, -0.25) is 0 Å². The Hall–Kier alpha value is -1.39. The molecule has 0 aliphatic rings. The smallest absolute Gasteiger partial charge is 0.181 e. The second-order valence-electron chi connectivity index (χ2n) is 4.45. The van der Waals surface area contributed by atoms with Crippen molar-refractivity contribution in [1.82, 2.24) is 10.3 Å². The van der Waals surface area contributed by atoms with Crippen LogP contribution in [-0.2, 0) is 0 Å². The Morgan fingerprint density at radius 1 is 1.44 bits per heavy atom. The number of aliphatic hydroxyl groups is 1. The van der Waals surface area contributed by atoms with Crippen LogP contribution in [0.1, 0.15) is 25.5 Å². The fourth-order valence-electron chi connectivity index (χ4n) is 1.98. The number of nitrogens with one attached hydrogen (secondary N) is 1. The number of likely N-dealkylation sites (N-methyl/N-ethyl adjacent to an activating group) is 1. The standard InChI is InChI=1S/C12H16N2O2/c1-12(2,15)11(13-3)8-4-5-9-10(6-8)16-7-14-9/h4-7,11,13,15H,1-3H3. The predicted molar refractivity (Wildman–Crippen MR) is 62.1 cm³/mol. The van der Waals surface area contributed by atoms with E-state index in [2.05, 4.69) is 10.3 Å². The third-order valence-electron chi connectivity index (χ3n) is 2.68. The normalized spacial score (nSPS) is 14.2. The summed E-state index contributed by atoms with van der Waals surface area (Å²) < 4.78 is 5.25. The fourth-order valence-corrected chi connectivity index (χ4v) is 1.98. The highest BCUT2D eigenvalue weighted by atomic mass is 16.3. The Balaban J connectivity index is 2.45. The van der Waals surface area contributed by atoms with Crippen molar-refractivity contribution in [1.29, 1.82) is 0 Å². The molecule has 1 unspecified atom stereocenters. The highest BCUT2D eigenvalue weighted by molar-refractivity contribution is 5.73. The van der Waals surface area contributed by atoms with E-state index in [1.165, 1.54) is 6.39 Å². The Morgan fingerprint density at radius 2 is 2.19 bits per heavy atom. The maximum atomic E-state index is 10.0. The van der Waals surface area contributed by atoms with Gasteiger partial charge in [0.1, 0.15) is 5.52 Å². The van der Waals surface area contributed by atoms with Crippen LogP contribution in [-0.4, -0.2) is 22.7 Å². The van der Waals surface area contributed by atoms with Crippen LogP contribution in [0, 0.1) is 0 Å². The van der Waals surface area contributed by atoms with Crippen LogP contribution in [0.15, 0.2) is 29.0 Å². The molecule has 0 aliphatic carbocycles. The Kier molecular flexibility index (Phi) is 2.69. The van der Waals surface area contributed by atoms with Gasteiger partial charge in [-0.2, -0.15) is 0 Å². The lowest BCUT2D eigenvalue weighted by Gasteiger charge is -2.29. The molecular weight excluding hydrogens is 204 g/mol. The van der Waals surface area contributed by atoms with E-state index in [-0.39, 0.29) is 6.04 Å². The van der Waals surface area contributed by atoms with Gasteiger partial charge in [0.15, 0.2) is 12.0 Å². The van der Waals surface area contributed by atoms with Gasteiger partial charge in [0.25, 0.3) is 0 Å². The summed E-state index contributed by atoms with van der Waals surface area (Å²) in [5.74, 6) is 0. The van der Waals surface area contributed by atoms with Crippen molar-refractivity contribution in [3.05, 3.63) is 30.2 Å². The Bertz CT molecular complexity index is 485. The molecule has 0 radical (unpaired) electrons. The summed E-state index contributed by atoms with van der Waals surface area (Å²) in [6, 6.07) is 5.61. The number of nitrogens with zero attached hydrogens (tertiary/aromatic N) is 1. The Labute approximate surface area is 94.3 Å². The molecule has 0 saturated carbocycles. The summed E-state index contributed by atoms with van der Waals surface area (Å²) >= 11 is 0. The van der Waals surface area contributed by atoms with Crippen LogP contribution >= 0.6 is 0 Å².